The van der Waals surface area contributed by atoms with E-state index in [0.717, 1.165) is 19.4 Å². The van der Waals surface area contributed by atoms with Gasteiger partial charge in [0.15, 0.2) is 0 Å². The molecule has 2 heterocycles. The molecule has 1 unspecified atom stereocenters. The van der Waals surface area contributed by atoms with Gasteiger partial charge in [-0.1, -0.05) is 0 Å². The van der Waals surface area contributed by atoms with E-state index in [2.05, 4.69) is 27.6 Å². The number of nitrogens with zero attached hydrogens (tertiary/aromatic N) is 2. The van der Waals surface area contributed by atoms with Crippen LogP contribution < -0.4 is 22.3 Å². The summed E-state index contributed by atoms with van der Waals surface area (Å²) in [5.41, 5.74) is 7.93. The average molecular weight is 238 g/mol. The molecule has 94 valence electrons. The third kappa shape index (κ3) is 2.95. The first kappa shape index (κ1) is 11.9. The van der Waals surface area contributed by atoms with E-state index in [0.29, 0.717) is 18.2 Å². The molecule has 1 aromatic heterocycles. The first-order valence-electron chi connectivity index (χ1n) is 5.58. The van der Waals surface area contributed by atoms with Crippen LogP contribution >= 0.6 is 0 Å². The molecular formula is C10H18N6O. The van der Waals surface area contributed by atoms with Gasteiger partial charge >= 0.3 is 0 Å². The van der Waals surface area contributed by atoms with E-state index in [1.807, 2.05) is 0 Å². The molecule has 0 aliphatic carbocycles. The zero-order valence-electron chi connectivity index (χ0n) is 9.86. The maximum Gasteiger partial charge on any atom is 0.223 e. The maximum atomic E-state index is 5.59. The van der Waals surface area contributed by atoms with Gasteiger partial charge in [-0.3, -0.25) is 0 Å². The Balaban J connectivity index is 2.14. The predicted molar refractivity (Wildman–Crippen MR) is 66.3 cm³/mol. The lowest BCUT2D eigenvalue weighted by molar-refractivity contribution is 0.0539. The highest BCUT2D eigenvalue weighted by atomic mass is 16.5. The van der Waals surface area contributed by atoms with Crippen molar-refractivity contribution in [3.8, 4) is 0 Å². The van der Waals surface area contributed by atoms with E-state index in [4.69, 9.17) is 16.3 Å². The molecule has 7 nitrogen and oxygen atoms in total. The molecule has 2 rings (SSSR count). The number of nitrogen functional groups attached to an aromatic ring is 2. The first-order valence-corrected chi connectivity index (χ1v) is 5.58. The first-order chi connectivity index (χ1) is 8.11. The van der Waals surface area contributed by atoms with Crippen molar-refractivity contribution in [2.45, 2.75) is 25.3 Å². The number of ether oxygens (including phenoxy) is 1. The second kappa shape index (κ2) is 4.72. The number of hydrazine groups is 1. The van der Waals surface area contributed by atoms with Gasteiger partial charge in [0, 0.05) is 12.7 Å². The van der Waals surface area contributed by atoms with Gasteiger partial charge in [-0.15, -0.1) is 0 Å². The molecule has 1 atom stereocenters. The van der Waals surface area contributed by atoms with Crippen molar-refractivity contribution in [1.82, 2.24) is 9.97 Å². The molecule has 0 saturated carbocycles. The van der Waals surface area contributed by atoms with Gasteiger partial charge in [-0.2, -0.15) is 9.97 Å². The molecule has 17 heavy (non-hydrogen) atoms. The molecule has 1 fully saturated rings. The van der Waals surface area contributed by atoms with E-state index in [1.54, 1.807) is 6.07 Å². The van der Waals surface area contributed by atoms with Gasteiger partial charge in [0.2, 0.25) is 5.95 Å². The van der Waals surface area contributed by atoms with Crippen LogP contribution in [-0.4, -0.2) is 28.7 Å². The number of anilines is 3. The van der Waals surface area contributed by atoms with E-state index in [9.17, 15) is 0 Å². The van der Waals surface area contributed by atoms with Crippen molar-refractivity contribution in [3.05, 3.63) is 6.07 Å². The van der Waals surface area contributed by atoms with Crippen LogP contribution in [0.4, 0.5) is 17.6 Å². The lowest BCUT2D eigenvalue weighted by Crippen LogP contribution is -2.43. The summed E-state index contributed by atoms with van der Waals surface area (Å²) in [6, 6.07) is 1.72. The van der Waals surface area contributed by atoms with Crippen LogP contribution in [-0.2, 0) is 4.74 Å². The average Bonchev–Trinajstić information content (AvgIpc) is 2.28. The van der Waals surface area contributed by atoms with Gasteiger partial charge in [-0.25, -0.2) is 5.84 Å². The number of aromatic nitrogens is 2. The van der Waals surface area contributed by atoms with Gasteiger partial charge in [0.1, 0.15) is 11.6 Å². The van der Waals surface area contributed by atoms with Crippen LogP contribution in [0.3, 0.4) is 0 Å². The normalized spacial score (nSPS) is 24.4. The molecule has 6 N–H and O–H groups in total. The van der Waals surface area contributed by atoms with Crippen molar-refractivity contribution in [1.29, 1.82) is 0 Å². The minimum absolute atomic E-state index is 0.120. The predicted octanol–water partition coefficient (Wildman–Crippen LogP) is 0.325. The summed E-state index contributed by atoms with van der Waals surface area (Å²) in [6.45, 7) is 3.57. The second-order valence-corrected chi connectivity index (χ2v) is 4.48. The van der Waals surface area contributed by atoms with Crippen LogP contribution in [0, 0.1) is 0 Å². The molecule has 0 bridgehead atoms. The Hall–Kier alpha value is -1.60. The number of hydrogen-bond acceptors (Lipinski definition) is 7. The van der Waals surface area contributed by atoms with Gasteiger partial charge < -0.3 is 21.2 Å². The summed E-state index contributed by atoms with van der Waals surface area (Å²) in [7, 11) is 0. The van der Waals surface area contributed by atoms with E-state index in [1.165, 1.54) is 0 Å². The van der Waals surface area contributed by atoms with Crippen molar-refractivity contribution < 1.29 is 4.74 Å². The molecular weight excluding hydrogens is 220 g/mol. The Morgan fingerprint density at radius 3 is 2.82 bits per heavy atom. The zero-order chi connectivity index (χ0) is 12.3. The van der Waals surface area contributed by atoms with Gasteiger partial charge in [0.05, 0.1) is 12.1 Å². The Bertz CT molecular complexity index is 390. The minimum Gasteiger partial charge on any atom is -0.379 e. The zero-order valence-corrected chi connectivity index (χ0v) is 9.86. The van der Waals surface area contributed by atoms with Crippen LogP contribution in [0.5, 0.6) is 0 Å². The fourth-order valence-corrected chi connectivity index (χ4v) is 1.95. The summed E-state index contributed by atoms with van der Waals surface area (Å²) in [4.78, 5) is 8.05. The summed E-state index contributed by atoms with van der Waals surface area (Å²) in [5.74, 6) is 6.63. The number of rotatable bonds is 3. The Morgan fingerprint density at radius 2 is 2.18 bits per heavy atom. The van der Waals surface area contributed by atoms with Gasteiger partial charge in [-0.05, 0) is 19.8 Å². The van der Waals surface area contributed by atoms with Crippen molar-refractivity contribution in [2.75, 3.05) is 29.7 Å². The molecule has 1 saturated heterocycles. The monoisotopic (exact) mass is 238 g/mol. The number of nitrogens with one attached hydrogen (secondary N) is 2. The lowest BCUT2D eigenvalue weighted by Gasteiger charge is -2.34. The summed E-state index contributed by atoms with van der Waals surface area (Å²) < 4.78 is 5.47. The smallest absolute Gasteiger partial charge is 0.223 e. The van der Waals surface area contributed by atoms with E-state index in [-0.39, 0.29) is 11.5 Å². The molecule has 0 aromatic carbocycles. The van der Waals surface area contributed by atoms with E-state index < -0.39 is 0 Å². The SMILES string of the molecule is CC1(Nc2cc(NN)nc(N)n2)CCCOC1. The fourth-order valence-electron chi connectivity index (χ4n) is 1.95. The fraction of sp³-hybridized carbons (Fsp3) is 0.600. The highest BCUT2D eigenvalue weighted by Gasteiger charge is 2.27. The lowest BCUT2D eigenvalue weighted by atomic mass is 9.95. The minimum atomic E-state index is -0.120. The summed E-state index contributed by atoms with van der Waals surface area (Å²) in [5, 5.41) is 3.32. The third-order valence-corrected chi connectivity index (χ3v) is 2.76. The molecule has 0 spiro atoms. The Labute approximate surface area is 99.9 Å². The van der Waals surface area contributed by atoms with Crippen molar-refractivity contribution in [3.63, 3.8) is 0 Å². The Kier molecular flexibility index (Phi) is 3.30. The maximum absolute atomic E-state index is 5.59. The molecule has 1 aliphatic rings. The van der Waals surface area contributed by atoms with E-state index >= 15 is 0 Å². The molecule has 0 amide bonds. The van der Waals surface area contributed by atoms with Crippen LogP contribution in [0.2, 0.25) is 0 Å². The second-order valence-electron chi connectivity index (χ2n) is 4.48. The molecule has 1 aliphatic heterocycles. The van der Waals surface area contributed by atoms with Crippen molar-refractivity contribution in [2.24, 2.45) is 5.84 Å². The highest BCUT2D eigenvalue weighted by molar-refractivity contribution is 5.51. The number of hydrogen-bond donors (Lipinski definition) is 4. The largest absolute Gasteiger partial charge is 0.379 e. The Morgan fingerprint density at radius 1 is 1.41 bits per heavy atom. The quantitative estimate of drug-likeness (QED) is 0.443. The van der Waals surface area contributed by atoms with Crippen LogP contribution in [0.1, 0.15) is 19.8 Å². The summed E-state index contributed by atoms with van der Waals surface area (Å²) in [6.07, 6.45) is 2.06. The van der Waals surface area contributed by atoms with Crippen LogP contribution in [0.15, 0.2) is 6.07 Å². The van der Waals surface area contributed by atoms with Crippen LogP contribution in [0.25, 0.3) is 0 Å². The molecule has 7 heteroatoms. The van der Waals surface area contributed by atoms with Crippen molar-refractivity contribution >= 4 is 17.6 Å². The number of nitrogens with two attached hydrogens (primary N) is 2. The molecule has 1 aromatic rings. The van der Waals surface area contributed by atoms with Gasteiger partial charge in [0.25, 0.3) is 0 Å². The standard InChI is InChI=1S/C10H18N6O/c1-10(3-2-4-17-6-10)15-7-5-8(16-12)14-9(11)13-7/h5H,2-4,6,12H2,1H3,(H4,11,13,14,15,16). The summed E-state index contributed by atoms with van der Waals surface area (Å²) >= 11 is 0. The topological polar surface area (TPSA) is 111 Å². The molecule has 0 radical (unpaired) electrons. The highest BCUT2D eigenvalue weighted by Crippen LogP contribution is 2.24. The third-order valence-electron chi connectivity index (χ3n) is 2.76.